The lowest BCUT2D eigenvalue weighted by molar-refractivity contribution is -0.117. The van der Waals surface area contributed by atoms with Crippen LogP contribution in [-0.2, 0) is 14.3 Å². The maximum Gasteiger partial charge on any atom is 0.226 e. The Morgan fingerprint density at radius 3 is 3.20 bits per heavy atom. The van der Waals surface area contributed by atoms with E-state index in [9.17, 15) is 4.79 Å². The summed E-state index contributed by atoms with van der Waals surface area (Å²) in [6.07, 6.45) is 7.98. The van der Waals surface area contributed by atoms with Gasteiger partial charge in [-0.15, -0.1) is 6.42 Å². The number of hydrogen-bond acceptors (Lipinski definition) is 3. The summed E-state index contributed by atoms with van der Waals surface area (Å²) >= 11 is 0. The van der Waals surface area contributed by atoms with Gasteiger partial charge in [0.25, 0.3) is 0 Å². The normalized spacial score (nSPS) is 17.6. The number of ether oxygens (including phenoxy) is 2. The summed E-state index contributed by atoms with van der Waals surface area (Å²) in [5.74, 6) is 2.46. The molecule has 0 bridgehead atoms. The first-order valence-electron chi connectivity index (χ1n) is 6.84. The first-order valence-corrected chi connectivity index (χ1v) is 6.84. The Hall–Kier alpha value is -1.83. The maximum absolute atomic E-state index is 11.7. The van der Waals surface area contributed by atoms with Gasteiger partial charge in [0, 0.05) is 17.9 Å². The Morgan fingerprint density at radius 1 is 1.55 bits per heavy atom. The van der Waals surface area contributed by atoms with Gasteiger partial charge in [-0.25, -0.2) is 0 Å². The molecule has 0 aromatic heterocycles. The molecule has 1 amide bonds. The summed E-state index contributed by atoms with van der Waals surface area (Å²) in [5, 5.41) is 2.80. The molecule has 0 aliphatic carbocycles. The molecule has 1 aliphatic heterocycles. The van der Waals surface area contributed by atoms with E-state index in [1.807, 2.05) is 18.2 Å². The van der Waals surface area contributed by atoms with Crippen LogP contribution in [0.1, 0.15) is 24.8 Å². The van der Waals surface area contributed by atoms with Gasteiger partial charge < -0.3 is 14.8 Å². The Bertz CT molecular complexity index is 487. The van der Waals surface area contributed by atoms with Crippen molar-refractivity contribution in [2.45, 2.75) is 25.4 Å². The molecule has 1 saturated heterocycles. The van der Waals surface area contributed by atoms with Crippen LogP contribution in [0, 0.1) is 12.3 Å². The summed E-state index contributed by atoms with van der Waals surface area (Å²) in [7, 11) is 0. The molecule has 0 spiro atoms. The maximum atomic E-state index is 11.7. The van der Waals surface area contributed by atoms with Crippen molar-refractivity contribution in [1.29, 1.82) is 0 Å². The van der Waals surface area contributed by atoms with E-state index in [2.05, 4.69) is 11.2 Å². The topological polar surface area (TPSA) is 47.6 Å². The van der Waals surface area contributed by atoms with E-state index in [4.69, 9.17) is 15.9 Å². The minimum absolute atomic E-state index is 0.0773. The number of carbonyl (C=O) groups is 1. The quantitative estimate of drug-likeness (QED) is 0.638. The molecule has 0 saturated carbocycles. The molecule has 1 atom stereocenters. The zero-order valence-corrected chi connectivity index (χ0v) is 11.4. The van der Waals surface area contributed by atoms with E-state index in [1.54, 1.807) is 6.07 Å². The summed E-state index contributed by atoms with van der Waals surface area (Å²) in [5.41, 5.74) is 1.46. The number of amides is 1. The van der Waals surface area contributed by atoms with Crippen LogP contribution in [0.2, 0.25) is 0 Å². The Labute approximate surface area is 119 Å². The van der Waals surface area contributed by atoms with Crippen molar-refractivity contribution in [2.75, 3.05) is 25.1 Å². The van der Waals surface area contributed by atoms with Gasteiger partial charge in [-0.05, 0) is 31.0 Å². The van der Waals surface area contributed by atoms with Gasteiger partial charge >= 0.3 is 0 Å². The summed E-state index contributed by atoms with van der Waals surface area (Å²) < 4.78 is 10.9. The van der Waals surface area contributed by atoms with E-state index in [-0.39, 0.29) is 12.0 Å². The fraction of sp³-hybridized carbons (Fsp3) is 0.438. The Kier molecular flexibility index (Phi) is 5.60. The Balaban J connectivity index is 1.65. The van der Waals surface area contributed by atoms with Gasteiger partial charge in [0.05, 0.1) is 25.7 Å². The predicted molar refractivity (Wildman–Crippen MR) is 77.4 cm³/mol. The molecule has 20 heavy (non-hydrogen) atoms. The lowest BCUT2D eigenvalue weighted by Gasteiger charge is -2.10. The lowest BCUT2D eigenvalue weighted by atomic mass is 10.2. The monoisotopic (exact) mass is 273 g/mol. The predicted octanol–water partition coefficient (Wildman–Crippen LogP) is 2.19. The minimum atomic E-state index is -0.0773. The molecule has 1 aromatic rings. The van der Waals surface area contributed by atoms with Gasteiger partial charge in [0.2, 0.25) is 5.91 Å². The van der Waals surface area contributed by atoms with Crippen LogP contribution in [0.4, 0.5) is 5.69 Å². The Morgan fingerprint density at radius 2 is 2.45 bits per heavy atom. The molecule has 1 aromatic carbocycles. The second-order valence-electron chi connectivity index (χ2n) is 4.73. The fourth-order valence-electron chi connectivity index (χ4n) is 2.07. The average molecular weight is 273 g/mol. The van der Waals surface area contributed by atoms with Crippen LogP contribution in [0.5, 0.6) is 0 Å². The van der Waals surface area contributed by atoms with Gasteiger partial charge in [0.15, 0.2) is 0 Å². The van der Waals surface area contributed by atoms with E-state index < -0.39 is 0 Å². The molecule has 1 heterocycles. The van der Waals surface area contributed by atoms with E-state index >= 15 is 0 Å². The number of benzene rings is 1. The summed E-state index contributed by atoms with van der Waals surface area (Å²) in [6, 6.07) is 7.22. The number of rotatable bonds is 6. The number of anilines is 1. The second kappa shape index (κ2) is 7.68. The molecule has 1 fully saturated rings. The molecule has 2 rings (SSSR count). The minimum Gasteiger partial charge on any atom is -0.378 e. The fourth-order valence-corrected chi connectivity index (χ4v) is 2.07. The third-order valence-electron chi connectivity index (χ3n) is 3.11. The van der Waals surface area contributed by atoms with Crippen molar-refractivity contribution in [3.63, 3.8) is 0 Å². The highest BCUT2D eigenvalue weighted by Gasteiger charge is 2.15. The summed E-state index contributed by atoms with van der Waals surface area (Å²) in [4.78, 5) is 11.7. The highest BCUT2D eigenvalue weighted by atomic mass is 16.5. The number of carbonyl (C=O) groups excluding carboxylic acids is 1. The molecule has 4 nitrogen and oxygen atoms in total. The van der Waals surface area contributed by atoms with Gasteiger partial charge in [0.1, 0.15) is 0 Å². The van der Waals surface area contributed by atoms with E-state index in [1.165, 1.54) is 0 Å². The van der Waals surface area contributed by atoms with Crippen molar-refractivity contribution < 1.29 is 14.3 Å². The highest BCUT2D eigenvalue weighted by Crippen LogP contribution is 2.12. The van der Waals surface area contributed by atoms with Gasteiger partial charge in [-0.3, -0.25) is 4.79 Å². The van der Waals surface area contributed by atoms with Gasteiger partial charge in [-0.1, -0.05) is 12.0 Å². The molecular formula is C16H19NO3. The van der Waals surface area contributed by atoms with Crippen LogP contribution < -0.4 is 5.32 Å². The van der Waals surface area contributed by atoms with E-state index in [0.29, 0.717) is 25.3 Å². The average Bonchev–Trinajstić information content (AvgIpc) is 2.97. The van der Waals surface area contributed by atoms with Crippen molar-refractivity contribution in [1.82, 2.24) is 0 Å². The van der Waals surface area contributed by atoms with Crippen LogP contribution in [0.3, 0.4) is 0 Å². The largest absolute Gasteiger partial charge is 0.378 e. The van der Waals surface area contributed by atoms with Crippen LogP contribution >= 0.6 is 0 Å². The first-order chi connectivity index (χ1) is 9.78. The molecular weight excluding hydrogens is 254 g/mol. The van der Waals surface area contributed by atoms with Crippen LogP contribution in [0.25, 0.3) is 0 Å². The number of nitrogens with one attached hydrogen (secondary N) is 1. The first kappa shape index (κ1) is 14.6. The van der Waals surface area contributed by atoms with Crippen molar-refractivity contribution in [3.05, 3.63) is 29.8 Å². The molecule has 1 aliphatic rings. The highest BCUT2D eigenvalue weighted by molar-refractivity contribution is 5.90. The number of terminal acetylenes is 1. The molecule has 106 valence electrons. The third kappa shape index (κ3) is 4.69. The van der Waals surface area contributed by atoms with Crippen molar-refractivity contribution in [3.8, 4) is 12.3 Å². The molecule has 0 radical (unpaired) electrons. The molecule has 1 N–H and O–H groups in total. The summed E-state index contributed by atoms with van der Waals surface area (Å²) in [6.45, 7) is 1.79. The molecule has 1 unspecified atom stereocenters. The SMILES string of the molecule is C#Cc1cccc(NC(=O)CCOCC2CCCO2)c1. The second-order valence-corrected chi connectivity index (χ2v) is 4.73. The van der Waals surface area contributed by atoms with Crippen molar-refractivity contribution in [2.24, 2.45) is 0 Å². The smallest absolute Gasteiger partial charge is 0.226 e. The lowest BCUT2D eigenvalue weighted by Crippen LogP contribution is -2.18. The standard InChI is InChI=1S/C16H19NO3/c1-2-13-5-3-6-14(11-13)17-16(18)8-10-19-12-15-7-4-9-20-15/h1,3,5-6,11,15H,4,7-10,12H2,(H,17,18). The zero-order chi connectivity index (χ0) is 14.2. The van der Waals surface area contributed by atoms with Crippen LogP contribution in [-0.4, -0.2) is 31.8 Å². The van der Waals surface area contributed by atoms with Gasteiger partial charge in [-0.2, -0.15) is 0 Å². The van der Waals surface area contributed by atoms with E-state index in [0.717, 1.165) is 25.0 Å². The third-order valence-corrected chi connectivity index (χ3v) is 3.11. The van der Waals surface area contributed by atoms with Crippen LogP contribution in [0.15, 0.2) is 24.3 Å². The molecule has 4 heteroatoms. The number of hydrogen-bond donors (Lipinski definition) is 1. The zero-order valence-electron chi connectivity index (χ0n) is 11.4. The van der Waals surface area contributed by atoms with Crippen molar-refractivity contribution >= 4 is 11.6 Å².